The maximum atomic E-state index is 13.8. The van der Waals surface area contributed by atoms with Crippen molar-refractivity contribution in [3.8, 4) is 0 Å². The Bertz CT molecular complexity index is 586. The zero-order chi connectivity index (χ0) is 14.5. The molecule has 4 heteroatoms. The first kappa shape index (κ1) is 14.9. The molecule has 0 aliphatic heterocycles. The van der Waals surface area contributed by atoms with Crippen molar-refractivity contribution in [2.75, 3.05) is 13.6 Å². The lowest BCUT2D eigenvalue weighted by atomic mass is 9.91. The number of hydrogen-bond donors (Lipinski definition) is 1. The molecule has 0 amide bonds. The van der Waals surface area contributed by atoms with Gasteiger partial charge in [-0.25, -0.2) is 8.78 Å². The largest absolute Gasteiger partial charge is 0.319 e. The molecule has 1 atom stereocenters. The summed E-state index contributed by atoms with van der Waals surface area (Å²) in [4.78, 5) is 0. The summed E-state index contributed by atoms with van der Waals surface area (Å²) in [7, 11) is 1.82. The van der Waals surface area contributed by atoms with E-state index in [1.807, 2.05) is 13.1 Å². The van der Waals surface area contributed by atoms with Crippen LogP contribution in [0.4, 0.5) is 8.78 Å². The predicted octanol–water partition coefficient (Wildman–Crippen LogP) is 4.16. The van der Waals surface area contributed by atoms with Gasteiger partial charge in [-0.05, 0) is 54.9 Å². The number of benzene rings is 2. The summed E-state index contributed by atoms with van der Waals surface area (Å²) >= 11 is 5.91. The Morgan fingerprint density at radius 2 is 1.95 bits per heavy atom. The summed E-state index contributed by atoms with van der Waals surface area (Å²) in [5, 5.41) is 3.57. The maximum absolute atomic E-state index is 13.8. The van der Waals surface area contributed by atoms with E-state index in [4.69, 9.17) is 11.6 Å². The van der Waals surface area contributed by atoms with E-state index in [0.717, 1.165) is 5.56 Å². The van der Waals surface area contributed by atoms with E-state index in [0.29, 0.717) is 23.6 Å². The van der Waals surface area contributed by atoms with Crippen molar-refractivity contribution < 1.29 is 8.78 Å². The van der Waals surface area contributed by atoms with E-state index in [1.54, 1.807) is 12.1 Å². The van der Waals surface area contributed by atoms with E-state index < -0.39 is 0 Å². The molecule has 2 rings (SSSR count). The zero-order valence-corrected chi connectivity index (χ0v) is 11.9. The highest BCUT2D eigenvalue weighted by Crippen LogP contribution is 2.24. The van der Waals surface area contributed by atoms with Crippen molar-refractivity contribution in [1.29, 1.82) is 0 Å². The van der Waals surface area contributed by atoms with Crippen molar-refractivity contribution in [3.63, 3.8) is 0 Å². The van der Waals surface area contributed by atoms with Crippen molar-refractivity contribution in [1.82, 2.24) is 5.32 Å². The SMILES string of the molecule is CNCC(Cc1cc(Cl)ccc1F)c1cccc(F)c1. The summed E-state index contributed by atoms with van der Waals surface area (Å²) in [5.41, 5.74) is 1.39. The van der Waals surface area contributed by atoms with Crippen LogP contribution in [0.25, 0.3) is 0 Å². The minimum Gasteiger partial charge on any atom is -0.319 e. The van der Waals surface area contributed by atoms with Gasteiger partial charge in [-0.3, -0.25) is 0 Å². The third kappa shape index (κ3) is 3.78. The molecule has 0 saturated carbocycles. The highest BCUT2D eigenvalue weighted by atomic mass is 35.5. The molecular weight excluding hydrogens is 280 g/mol. The summed E-state index contributed by atoms with van der Waals surface area (Å²) in [6.07, 6.45) is 0.469. The highest BCUT2D eigenvalue weighted by molar-refractivity contribution is 6.30. The van der Waals surface area contributed by atoms with Gasteiger partial charge in [0.1, 0.15) is 11.6 Å². The topological polar surface area (TPSA) is 12.0 Å². The Balaban J connectivity index is 2.27. The second-order valence-electron chi connectivity index (χ2n) is 4.75. The Kier molecular flexibility index (Phi) is 5.10. The molecule has 0 aliphatic carbocycles. The van der Waals surface area contributed by atoms with Gasteiger partial charge >= 0.3 is 0 Å². The van der Waals surface area contributed by atoms with Crippen LogP contribution in [0.3, 0.4) is 0 Å². The van der Waals surface area contributed by atoms with Crippen LogP contribution >= 0.6 is 11.6 Å². The van der Waals surface area contributed by atoms with Crippen molar-refractivity contribution in [3.05, 3.63) is 70.2 Å². The predicted molar refractivity (Wildman–Crippen MR) is 78.2 cm³/mol. The molecule has 0 heterocycles. The third-order valence-corrected chi connectivity index (χ3v) is 3.48. The van der Waals surface area contributed by atoms with E-state index in [9.17, 15) is 8.78 Å². The first-order chi connectivity index (χ1) is 9.60. The molecule has 0 bridgehead atoms. The fraction of sp³-hybridized carbons (Fsp3) is 0.250. The molecule has 0 radical (unpaired) electrons. The highest BCUT2D eigenvalue weighted by Gasteiger charge is 2.15. The molecule has 1 N–H and O–H groups in total. The maximum Gasteiger partial charge on any atom is 0.126 e. The summed E-state index contributed by atoms with van der Waals surface area (Å²) in [5.74, 6) is -0.578. The average Bonchev–Trinajstić information content (AvgIpc) is 2.42. The Hall–Kier alpha value is -1.45. The Morgan fingerprint density at radius 1 is 1.15 bits per heavy atom. The average molecular weight is 296 g/mol. The standard InChI is InChI=1S/C16H16ClF2N/c1-20-10-13(11-3-2-4-15(18)9-11)7-12-8-14(17)5-6-16(12)19/h2-6,8-9,13,20H,7,10H2,1H3. The molecule has 106 valence electrons. The lowest BCUT2D eigenvalue weighted by Crippen LogP contribution is -2.19. The molecule has 0 spiro atoms. The monoisotopic (exact) mass is 295 g/mol. The second-order valence-corrected chi connectivity index (χ2v) is 5.19. The molecular formula is C16H16ClF2N. The van der Waals surface area contributed by atoms with Crippen molar-refractivity contribution >= 4 is 11.6 Å². The van der Waals surface area contributed by atoms with Crippen LogP contribution in [-0.2, 0) is 6.42 Å². The van der Waals surface area contributed by atoms with Crippen LogP contribution in [-0.4, -0.2) is 13.6 Å². The van der Waals surface area contributed by atoms with E-state index in [1.165, 1.54) is 24.3 Å². The molecule has 0 aliphatic rings. The fourth-order valence-corrected chi connectivity index (χ4v) is 2.47. The molecule has 0 fully saturated rings. The lowest BCUT2D eigenvalue weighted by Gasteiger charge is -2.18. The molecule has 2 aromatic carbocycles. The zero-order valence-electron chi connectivity index (χ0n) is 11.2. The summed E-state index contributed by atoms with van der Waals surface area (Å²) in [6, 6.07) is 10.9. The molecule has 1 nitrogen and oxygen atoms in total. The van der Waals surface area contributed by atoms with Gasteiger partial charge in [-0.15, -0.1) is 0 Å². The Morgan fingerprint density at radius 3 is 2.65 bits per heavy atom. The lowest BCUT2D eigenvalue weighted by molar-refractivity contribution is 0.569. The quantitative estimate of drug-likeness (QED) is 0.873. The van der Waals surface area contributed by atoms with Crippen molar-refractivity contribution in [2.24, 2.45) is 0 Å². The number of hydrogen-bond acceptors (Lipinski definition) is 1. The van der Waals surface area contributed by atoms with Gasteiger partial charge in [-0.2, -0.15) is 0 Å². The Labute approximate surface area is 122 Å². The molecule has 20 heavy (non-hydrogen) atoms. The van der Waals surface area contributed by atoms with Crippen LogP contribution < -0.4 is 5.32 Å². The van der Waals surface area contributed by atoms with Crippen molar-refractivity contribution in [2.45, 2.75) is 12.3 Å². The molecule has 2 aromatic rings. The van der Waals surface area contributed by atoms with Crippen LogP contribution in [0.1, 0.15) is 17.0 Å². The van der Waals surface area contributed by atoms with E-state index in [-0.39, 0.29) is 17.6 Å². The summed E-state index contributed by atoms with van der Waals surface area (Å²) in [6.45, 7) is 0.634. The van der Waals surface area contributed by atoms with Gasteiger partial charge in [0.25, 0.3) is 0 Å². The van der Waals surface area contributed by atoms with Gasteiger partial charge in [0.2, 0.25) is 0 Å². The van der Waals surface area contributed by atoms with Crippen LogP contribution in [0.15, 0.2) is 42.5 Å². The van der Waals surface area contributed by atoms with Gasteiger partial charge in [0.15, 0.2) is 0 Å². The second kappa shape index (κ2) is 6.82. The molecule has 0 aromatic heterocycles. The van der Waals surface area contributed by atoms with E-state index >= 15 is 0 Å². The number of rotatable bonds is 5. The minimum absolute atomic E-state index is 0.0105. The minimum atomic E-state index is -0.285. The van der Waals surface area contributed by atoms with Gasteiger partial charge in [-0.1, -0.05) is 23.7 Å². The molecule has 0 saturated heterocycles. The number of nitrogens with one attached hydrogen (secondary N) is 1. The van der Waals surface area contributed by atoms with Crippen LogP contribution in [0.2, 0.25) is 5.02 Å². The molecule has 1 unspecified atom stereocenters. The van der Waals surface area contributed by atoms with E-state index in [2.05, 4.69) is 5.32 Å². The van der Waals surface area contributed by atoms with Gasteiger partial charge in [0.05, 0.1) is 0 Å². The normalized spacial score (nSPS) is 12.4. The fourth-order valence-electron chi connectivity index (χ4n) is 2.28. The summed E-state index contributed by atoms with van der Waals surface area (Å²) < 4.78 is 27.1. The third-order valence-electron chi connectivity index (χ3n) is 3.24. The van der Waals surface area contributed by atoms with Gasteiger partial charge in [0, 0.05) is 17.5 Å². The first-order valence-corrected chi connectivity index (χ1v) is 6.82. The number of likely N-dealkylation sites (N-methyl/N-ethyl adjacent to an activating group) is 1. The van der Waals surface area contributed by atoms with Crippen LogP contribution in [0, 0.1) is 11.6 Å². The number of halogens is 3. The first-order valence-electron chi connectivity index (χ1n) is 6.44. The smallest absolute Gasteiger partial charge is 0.126 e. The van der Waals surface area contributed by atoms with Gasteiger partial charge < -0.3 is 5.32 Å². The van der Waals surface area contributed by atoms with Crippen LogP contribution in [0.5, 0.6) is 0 Å².